The number of carbonyl (C=O) groups excluding carboxylic acids is 2. The van der Waals surface area contributed by atoms with Crippen molar-refractivity contribution >= 4 is 23.7 Å². The summed E-state index contributed by atoms with van der Waals surface area (Å²) in [5.74, 6) is 0.875. The Labute approximate surface area is 153 Å². The van der Waals surface area contributed by atoms with Crippen molar-refractivity contribution in [3.63, 3.8) is 0 Å². The molecule has 0 spiro atoms. The molecule has 1 unspecified atom stereocenters. The fourth-order valence-corrected chi connectivity index (χ4v) is 3.34. The molecule has 10 nitrogen and oxygen atoms in total. The molecule has 26 heavy (non-hydrogen) atoms. The smallest absolute Gasteiger partial charge is 0.324 e. The quantitative estimate of drug-likeness (QED) is 0.732. The Bertz CT molecular complexity index is 826. The van der Waals surface area contributed by atoms with Gasteiger partial charge in [-0.1, -0.05) is 11.8 Å². The minimum atomic E-state index is -0.541. The Kier molecular flexibility index (Phi) is 5.26. The molecule has 1 aromatic carbocycles. The van der Waals surface area contributed by atoms with Crippen LogP contribution in [0.5, 0.6) is 11.5 Å². The lowest BCUT2D eigenvalue weighted by Crippen LogP contribution is -2.39. The number of urea groups is 1. The number of methoxy groups -OCH3 is 2. The van der Waals surface area contributed by atoms with Gasteiger partial charge in [0.05, 0.1) is 19.5 Å². The Hall–Kier alpha value is -2.82. The number of amides is 3. The molecule has 2 aromatic rings. The predicted molar refractivity (Wildman–Crippen MR) is 92.7 cm³/mol. The highest BCUT2D eigenvalue weighted by Gasteiger charge is 2.31. The van der Waals surface area contributed by atoms with Crippen LogP contribution in [-0.2, 0) is 4.79 Å². The van der Waals surface area contributed by atoms with Gasteiger partial charge in [0.15, 0.2) is 0 Å². The molecule has 2 heterocycles. The zero-order valence-corrected chi connectivity index (χ0v) is 15.3. The number of aromatic nitrogens is 4. The Morgan fingerprint density at radius 3 is 2.81 bits per heavy atom. The van der Waals surface area contributed by atoms with Crippen LogP contribution >= 0.6 is 11.8 Å². The molecular weight excluding hydrogens is 360 g/mol. The van der Waals surface area contributed by atoms with Crippen LogP contribution in [0.1, 0.15) is 6.92 Å². The van der Waals surface area contributed by atoms with Gasteiger partial charge in [-0.2, -0.15) is 4.68 Å². The molecule has 0 bridgehead atoms. The molecular formula is C15H18N6O4S. The van der Waals surface area contributed by atoms with Gasteiger partial charge < -0.3 is 14.8 Å². The fourth-order valence-electron chi connectivity index (χ4n) is 2.48. The van der Waals surface area contributed by atoms with Crippen molar-refractivity contribution in [1.29, 1.82) is 0 Å². The number of hydrogen-bond donors (Lipinski definition) is 1. The van der Waals surface area contributed by atoms with Crippen LogP contribution in [-0.4, -0.2) is 69.6 Å². The molecule has 1 N–H and O–H groups in total. The SMILES string of the molecule is COc1ccc(OC)c(-n2nnnc2SC(C)C(=O)N2CCNC2=O)c1. The minimum Gasteiger partial charge on any atom is -0.497 e. The van der Waals surface area contributed by atoms with Crippen LogP contribution in [0.2, 0.25) is 0 Å². The van der Waals surface area contributed by atoms with Gasteiger partial charge in [0.1, 0.15) is 17.2 Å². The molecule has 1 aromatic heterocycles. The summed E-state index contributed by atoms with van der Waals surface area (Å²) in [7, 11) is 3.10. The lowest BCUT2D eigenvalue weighted by Gasteiger charge is -2.17. The number of thioether (sulfide) groups is 1. The average Bonchev–Trinajstić information content (AvgIpc) is 3.29. The van der Waals surface area contributed by atoms with Crippen LogP contribution in [0.25, 0.3) is 5.69 Å². The van der Waals surface area contributed by atoms with Crippen LogP contribution in [0.15, 0.2) is 23.4 Å². The van der Waals surface area contributed by atoms with Crippen molar-refractivity contribution in [3.8, 4) is 17.2 Å². The molecule has 11 heteroatoms. The fraction of sp³-hybridized carbons (Fsp3) is 0.400. The van der Waals surface area contributed by atoms with E-state index < -0.39 is 5.25 Å². The molecule has 1 atom stereocenters. The third kappa shape index (κ3) is 3.43. The summed E-state index contributed by atoms with van der Waals surface area (Å²) < 4.78 is 12.1. The zero-order valence-electron chi connectivity index (χ0n) is 14.5. The molecule has 1 saturated heterocycles. The maximum absolute atomic E-state index is 12.5. The van der Waals surface area contributed by atoms with Crippen LogP contribution in [0.3, 0.4) is 0 Å². The molecule has 3 rings (SSSR count). The van der Waals surface area contributed by atoms with E-state index in [1.54, 1.807) is 39.3 Å². The van der Waals surface area contributed by atoms with Crippen LogP contribution in [0.4, 0.5) is 4.79 Å². The van der Waals surface area contributed by atoms with Crippen molar-refractivity contribution in [2.75, 3.05) is 27.3 Å². The number of tetrazole rings is 1. The number of nitrogens with one attached hydrogen (secondary N) is 1. The van der Waals surface area contributed by atoms with Crippen molar-refractivity contribution < 1.29 is 19.1 Å². The van der Waals surface area contributed by atoms with Gasteiger partial charge in [0, 0.05) is 19.2 Å². The molecule has 0 saturated carbocycles. The third-order valence-corrected chi connectivity index (χ3v) is 4.83. The van der Waals surface area contributed by atoms with Crippen molar-refractivity contribution in [2.24, 2.45) is 0 Å². The first-order valence-corrected chi connectivity index (χ1v) is 8.69. The van der Waals surface area contributed by atoms with E-state index in [0.717, 1.165) is 11.8 Å². The normalized spacial score (nSPS) is 14.9. The van der Waals surface area contributed by atoms with Gasteiger partial charge in [0.2, 0.25) is 11.1 Å². The Balaban J connectivity index is 1.85. The number of imide groups is 1. The monoisotopic (exact) mass is 378 g/mol. The highest BCUT2D eigenvalue weighted by molar-refractivity contribution is 8.00. The minimum absolute atomic E-state index is 0.294. The van der Waals surface area contributed by atoms with Gasteiger partial charge in [-0.05, 0) is 29.5 Å². The largest absolute Gasteiger partial charge is 0.497 e. The second-order valence-electron chi connectivity index (χ2n) is 5.39. The van der Waals surface area contributed by atoms with Crippen molar-refractivity contribution in [1.82, 2.24) is 30.4 Å². The predicted octanol–water partition coefficient (Wildman–Crippen LogP) is 0.712. The first-order chi connectivity index (χ1) is 12.5. The lowest BCUT2D eigenvalue weighted by molar-refractivity contribution is -0.126. The van der Waals surface area contributed by atoms with Gasteiger partial charge in [-0.15, -0.1) is 5.10 Å². The summed E-state index contributed by atoms with van der Waals surface area (Å²) in [5, 5.41) is 14.1. The van der Waals surface area contributed by atoms with Crippen LogP contribution in [0, 0.1) is 0 Å². The van der Waals surface area contributed by atoms with Crippen molar-refractivity contribution in [2.45, 2.75) is 17.3 Å². The number of nitrogens with zero attached hydrogens (tertiary/aromatic N) is 5. The molecule has 3 amide bonds. The standard InChI is InChI=1S/C15H18N6O4S/c1-9(13(22)20-7-6-16-14(20)23)26-15-17-18-19-21(15)11-8-10(24-2)4-5-12(11)25-3/h4-5,8-9H,6-7H2,1-3H3,(H,16,23). The van der Waals surface area contributed by atoms with Gasteiger partial charge in [-0.3, -0.25) is 9.69 Å². The lowest BCUT2D eigenvalue weighted by atomic mass is 10.3. The molecule has 1 aliphatic rings. The summed E-state index contributed by atoms with van der Waals surface area (Å²) in [6, 6.07) is 4.86. The highest BCUT2D eigenvalue weighted by atomic mass is 32.2. The number of ether oxygens (including phenoxy) is 2. The second kappa shape index (κ2) is 7.60. The van der Waals surface area contributed by atoms with Crippen molar-refractivity contribution in [3.05, 3.63) is 18.2 Å². The first-order valence-electron chi connectivity index (χ1n) is 7.81. The molecule has 0 radical (unpaired) electrons. The van der Waals surface area contributed by atoms with E-state index >= 15 is 0 Å². The van der Waals surface area contributed by atoms with Crippen LogP contribution < -0.4 is 14.8 Å². The average molecular weight is 378 g/mol. The number of rotatable bonds is 6. The zero-order chi connectivity index (χ0) is 18.7. The van der Waals surface area contributed by atoms with Gasteiger partial charge in [0.25, 0.3) is 0 Å². The third-order valence-electron chi connectivity index (χ3n) is 3.81. The summed E-state index contributed by atoms with van der Waals surface area (Å²) in [6.07, 6.45) is 0. The van der Waals surface area contributed by atoms with E-state index in [4.69, 9.17) is 9.47 Å². The number of carbonyl (C=O) groups is 2. The second-order valence-corrected chi connectivity index (χ2v) is 6.70. The summed E-state index contributed by atoms with van der Waals surface area (Å²) in [6.45, 7) is 2.53. The topological polar surface area (TPSA) is 111 Å². The van der Waals surface area contributed by atoms with E-state index in [1.165, 1.54) is 9.58 Å². The number of benzene rings is 1. The molecule has 138 valence electrons. The number of hydrogen-bond acceptors (Lipinski definition) is 8. The van der Waals surface area contributed by atoms with E-state index in [2.05, 4.69) is 20.8 Å². The molecule has 1 fully saturated rings. The van der Waals surface area contributed by atoms with E-state index in [0.29, 0.717) is 35.4 Å². The molecule has 1 aliphatic heterocycles. The van der Waals surface area contributed by atoms with E-state index in [9.17, 15) is 9.59 Å². The van der Waals surface area contributed by atoms with Gasteiger partial charge >= 0.3 is 6.03 Å². The Morgan fingerprint density at radius 2 is 2.15 bits per heavy atom. The maximum atomic E-state index is 12.5. The summed E-state index contributed by atoms with van der Waals surface area (Å²) >= 11 is 1.16. The summed E-state index contributed by atoms with van der Waals surface area (Å²) in [4.78, 5) is 25.3. The maximum Gasteiger partial charge on any atom is 0.324 e. The van der Waals surface area contributed by atoms with Gasteiger partial charge in [-0.25, -0.2) is 4.79 Å². The molecule has 0 aliphatic carbocycles. The van der Waals surface area contributed by atoms with E-state index in [-0.39, 0.29) is 11.9 Å². The first kappa shape index (κ1) is 18.0. The summed E-state index contributed by atoms with van der Waals surface area (Å²) in [5.41, 5.74) is 0.581. The highest BCUT2D eigenvalue weighted by Crippen LogP contribution is 2.31. The van der Waals surface area contributed by atoms with E-state index in [1.807, 2.05) is 0 Å². The Morgan fingerprint density at radius 1 is 1.35 bits per heavy atom.